The molecule has 2 rings (SSSR count). The number of nitrogens with zero attached hydrogens (tertiary/aromatic N) is 2. The van der Waals surface area contributed by atoms with E-state index in [-0.39, 0.29) is 40.6 Å². The van der Waals surface area contributed by atoms with E-state index in [4.69, 9.17) is 0 Å². The predicted octanol–water partition coefficient (Wildman–Crippen LogP) is 2.12. The van der Waals surface area contributed by atoms with Crippen LogP contribution in [0.4, 0.5) is 15.8 Å². The third-order valence-electron chi connectivity index (χ3n) is 2.86. The summed E-state index contributed by atoms with van der Waals surface area (Å²) in [5, 5.41) is 10.2. The SMILES string of the molecule is CC(=O)SC1CC(=O)N(c2ccc([N+](=O)[O-])cc2F)C1. The molecular formula is C12H11FN2O4S. The number of carbonyl (C=O) groups excluding carboxylic acids is 2. The smallest absolute Gasteiger partial charge is 0.272 e. The lowest BCUT2D eigenvalue weighted by molar-refractivity contribution is -0.385. The summed E-state index contributed by atoms with van der Waals surface area (Å²) in [4.78, 5) is 33.9. The minimum Gasteiger partial charge on any atom is -0.308 e. The lowest BCUT2D eigenvalue weighted by Crippen LogP contribution is -2.26. The van der Waals surface area contributed by atoms with E-state index in [0.29, 0.717) is 0 Å². The van der Waals surface area contributed by atoms with E-state index < -0.39 is 10.7 Å². The van der Waals surface area contributed by atoms with Gasteiger partial charge < -0.3 is 4.90 Å². The molecular weight excluding hydrogens is 287 g/mol. The summed E-state index contributed by atoms with van der Waals surface area (Å²) in [7, 11) is 0. The van der Waals surface area contributed by atoms with Gasteiger partial charge in [-0.05, 0) is 6.07 Å². The quantitative estimate of drug-likeness (QED) is 0.630. The Kier molecular flexibility index (Phi) is 4.03. The van der Waals surface area contributed by atoms with Crippen molar-refractivity contribution < 1.29 is 18.9 Å². The summed E-state index contributed by atoms with van der Waals surface area (Å²) in [5.74, 6) is -1.11. The van der Waals surface area contributed by atoms with Crippen molar-refractivity contribution in [3.05, 3.63) is 34.1 Å². The molecule has 1 amide bonds. The van der Waals surface area contributed by atoms with Crippen LogP contribution in [-0.4, -0.2) is 27.7 Å². The summed E-state index contributed by atoms with van der Waals surface area (Å²) in [6.45, 7) is 1.63. The molecule has 0 N–H and O–H groups in total. The van der Waals surface area contributed by atoms with Gasteiger partial charge in [0.25, 0.3) is 5.69 Å². The highest BCUT2D eigenvalue weighted by atomic mass is 32.2. The van der Waals surface area contributed by atoms with Gasteiger partial charge in [0.05, 0.1) is 16.7 Å². The first-order chi connectivity index (χ1) is 9.38. The summed E-state index contributed by atoms with van der Waals surface area (Å²) in [6.07, 6.45) is 0.153. The molecule has 0 bridgehead atoms. The van der Waals surface area contributed by atoms with Gasteiger partial charge in [-0.2, -0.15) is 0 Å². The van der Waals surface area contributed by atoms with E-state index in [0.717, 1.165) is 23.9 Å². The number of hydrogen-bond donors (Lipinski definition) is 0. The Morgan fingerprint density at radius 2 is 2.25 bits per heavy atom. The van der Waals surface area contributed by atoms with Gasteiger partial charge in [-0.15, -0.1) is 0 Å². The van der Waals surface area contributed by atoms with Crippen molar-refractivity contribution in [2.45, 2.75) is 18.6 Å². The lowest BCUT2D eigenvalue weighted by atomic mass is 10.2. The number of anilines is 1. The molecule has 0 aliphatic carbocycles. The molecule has 1 unspecified atom stereocenters. The zero-order chi connectivity index (χ0) is 14.9. The minimum atomic E-state index is -0.818. The first kappa shape index (κ1) is 14.4. The van der Waals surface area contributed by atoms with Crippen LogP contribution in [0.15, 0.2) is 18.2 Å². The van der Waals surface area contributed by atoms with E-state index >= 15 is 0 Å². The number of benzene rings is 1. The lowest BCUT2D eigenvalue weighted by Gasteiger charge is -2.16. The van der Waals surface area contributed by atoms with Crippen molar-refractivity contribution in [2.24, 2.45) is 0 Å². The molecule has 1 aliphatic heterocycles. The fourth-order valence-corrected chi connectivity index (χ4v) is 2.97. The molecule has 1 aromatic rings. The van der Waals surface area contributed by atoms with Gasteiger partial charge in [-0.25, -0.2) is 4.39 Å². The number of nitro benzene ring substituents is 1. The number of halogens is 1. The van der Waals surface area contributed by atoms with Crippen LogP contribution in [-0.2, 0) is 9.59 Å². The highest BCUT2D eigenvalue weighted by Gasteiger charge is 2.33. The zero-order valence-electron chi connectivity index (χ0n) is 10.5. The average Bonchev–Trinajstić information content (AvgIpc) is 2.68. The molecule has 0 spiro atoms. The van der Waals surface area contributed by atoms with Crippen LogP contribution in [0, 0.1) is 15.9 Å². The van der Waals surface area contributed by atoms with Crippen LogP contribution in [0.2, 0.25) is 0 Å². The Morgan fingerprint density at radius 1 is 1.55 bits per heavy atom. The number of carbonyl (C=O) groups is 2. The largest absolute Gasteiger partial charge is 0.308 e. The van der Waals surface area contributed by atoms with Gasteiger partial charge in [-0.1, -0.05) is 11.8 Å². The second-order valence-electron chi connectivity index (χ2n) is 4.33. The monoisotopic (exact) mass is 298 g/mol. The zero-order valence-corrected chi connectivity index (χ0v) is 11.4. The highest BCUT2D eigenvalue weighted by molar-refractivity contribution is 8.14. The highest BCUT2D eigenvalue weighted by Crippen LogP contribution is 2.31. The molecule has 1 saturated heterocycles. The van der Waals surface area contributed by atoms with Crippen molar-refractivity contribution in [3.8, 4) is 0 Å². The molecule has 0 saturated carbocycles. The fourth-order valence-electron chi connectivity index (χ4n) is 2.05. The van der Waals surface area contributed by atoms with Crippen LogP contribution < -0.4 is 4.90 Å². The normalized spacial score (nSPS) is 18.4. The van der Waals surface area contributed by atoms with E-state index in [2.05, 4.69) is 0 Å². The average molecular weight is 298 g/mol. The minimum absolute atomic E-state index is 0.00671. The number of non-ortho nitro benzene ring substituents is 1. The van der Waals surface area contributed by atoms with Gasteiger partial charge in [0.1, 0.15) is 0 Å². The third kappa shape index (κ3) is 2.96. The Hall–Kier alpha value is -1.96. The maximum absolute atomic E-state index is 13.9. The van der Waals surface area contributed by atoms with Crippen molar-refractivity contribution >= 4 is 34.2 Å². The van der Waals surface area contributed by atoms with Gasteiger partial charge in [-0.3, -0.25) is 19.7 Å². The molecule has 20 heavy (non-hydrogen) atoms. The summed E-state index contributed by atoms with van der Waals surface area (Å²) >= 11 is 1.05. The van der Waals surface area contributed by atoms with E-state index in [9.17, 15) is 24.1 Å². The maximum atomic E-state index is 13.9. The van der Waals surface area contributed by atoms with Gasteiger partial charge >= 0.3 is 0 Å². The number of amides is 1. The van der Waals surface area contributed by atoms with Crippen LogP contribution in [0.25, 0.3) is 0 Å². The molecule has 0 radical (unpaired) electrons. The predicted molar refractivity (Wildman–Crippen MR) is 72.1 cm³/mol. The molecule has 1 aromatic carbocycles. The van der Waals surface area contributed by atoms with Gasteiger partial charge in [0.2, 0.25) is 5.91 Å². The van der Waals surface area contributed by atoms with Crippen molar-refractivity contribution in [1.29, 1.82) is 0 Å². The topological polar surface area (TPSA) is 80.5 Å². The Bertz CT molecular complexity index is 593. The Morgan fingerprint density at radius 3 is 2.80 bits per heavy atom. The molecule has 6 nitrogen and oxygen atoms in total. The van der Waals surface area contributed by atoms with Crippen LogP contribution in [0.1, 0.15) is 13.3 Å². The Balaban J connectivity index is 2.22. The number of thioether (sulfide) groups is 1. The van der Waals surface area contributed by atoms with Crippen molar-refractivity contribution in [1.82, 2.24) is 0 Å². The molecule has 0 aromatic heterocycles. The first-order valence-corrected chi connectivity index (χ1v) is 6.68. The molecule has 1 aliphatic rings. The maximum Gasteiger partial charge on any atom is 0.272 e. The van der Waals surface area contributed by atoms with Crippen molar-refractivity contribution in [3.63, 3.8) is 0 Å². The molecule has 8 heteroatoms. The second kappa shape index (κ2) is 5.58. The standard InChI is InChI=1S/C12H11FN2O4S/c1-7(16)20-9-5-12(17)14(6-9)11-3-2-8(15(18)19)4-10(11)13/h2-4,9H,5-6H2,1H3. The molecule has 106 valence electrons. The van der Waals surface area contributed by atoms with Gasteiger partial charge in [0.15, 0.2) is 10.9 Å². The van der Waals surface area contributed by atoms with Crippen LogP contribution in [0.3, 0.4) is 0 Å². The summed E-state index contributed by atoms with van der Waals surface area (Å²) in [6, 6.07) is 3.15. The van der Waals surface area contributed by atoms with E-state index in [1.807, 2.05) is 0 Å². The second-order valence-corrected chi connectivity index (χ2v) is 5.81. The Labute approximate surface area is 118 Å². The summed E-state index contributed by atoms with van der Waals surface area (Å²) in [5.41, 5.74) is -0.361. The number of hydrogen-bond acceptors (Lipinski definition) is 5. The van der Waals surface area contributed by atoms with E-state index in [1.54, 1.807) is 0 Å². The molecule has 1 fully saturated rings. The van der Waals surface area contributed by atoms with Gasteiger partial charge in [0, 0.05) is 31.2 Å². The van der Waals surface area contributed by atoms with Crippen LogP contribution >= 0.6 is 11.8 Å². The van der Waals surface area contributed by atoms with E-state index in [1.165, 1.54) is 17.9 Å². The van der Waals surface area contributed by atoms with Crippen LogP contribution in [0.5, 0.6) is 0 Å². The fraction of sp³-hybridized carbons (Fsp3) is 0.333. The number of nitro groups is 1. The third-order valence-corrected chi connectivity index (χ3v) is 3.84. The molecule has 1 atom stereocenters. The first-order valence-electron chi connectivity index (χ1n) is 5.80. The van der Waals surface area contributed by atoms with Crippen molar-refractivity contribution in [2.75, 3.05) is 11.4 Å². The summed E-state index contributed by atoms with van der Waals surface area (Å²) < 4.78 is 13.9. The molecule has 1 heterocycles. The number of rotatable bonds is 3.